The van der Waals surface area contributed by atoms with Crippen molar-refractivity contribution in [2.75, 3.05) is 17.2 Å². The van der Waals surface area contributed by atoms with Gasteiger partial charge in [-0.15, -0.1) is 11.8 Å². The van der Waals surface area contributed by atoms with Gasteiger partial charge in [0, 0.05) is 17.9 Å². The van der Waals surface area contributed by atoms with Crippen molar-refractivity contribution >= 4 is 29.3 Å². The summed E-state index contributed by atoms with van der Waals surface area (Å²) in [6.45, 7) is 2.53. The van der Waals surface area contributed by atoms with Crippen LogP contribution in [0.2, 0.25) is 0 Å². The number of halogens is 2. The van der Waals surface area contributed by atoms with E-state index in [1.807, 2.05) is 31.2 Å². The summed E-state index contributed by atoms with van der Waals surface area (Å²) in [7, 11) is 0. The Balaban J connectivity index is 1.61. The van der Waals surface area contributed by atoms with Crippen molar-refractivity contribution in [1.82, 2.24) is 4.90 Å². The van der Waals surface area contributed by atoms with E-state index in [0.29, 0.717) is 23.5 Å². The van der Waals surface area contributed by atoms with Crippen LogP contribution in [0.4, 0.5) is 14.5 Å². The van der Waals surface area contributed by atoms with Crippen molar-refractivity contribution in [2.45, 2.75) is 18.3 Å². The first-order valence-corrected chi connectivity index (χ1v) is 11.3. The summed E-state index contributed by atoms with van der Waals surface area (Å²) < 4.78 is 28.8. The van der Waals surface area contributed by atoms with Crippen molar-refractivity contribution in [1.29, 1.82) is 0 Å². The fourth-order valence-electron chi connectivity index (χ4n) is 4.52. The predicted molar refractivity (Wildman–Crippen MR) is 120 cm³/mol. The monoisotopic (exact) mass is 450 g/mol. The summed E-state index contributed by atoms with van der Waals surface area (Å²) in [5.41, 5.74) is 2.90. The second-order valence-electron chi connectivity index (χ2n) is 7.97. The Morgan fingerprint density at radius 3 is 2.66 bits per heavy atom. The van der Waals surface area contributed by atoms with E-state index in [-0.39, 0.29) is 18.0 Å². The molecule has 3 aromatic rings. The average molecular weight is 451 g/mol. The van der Waals surface area contributed by atoms with Crippen molar-refractivity contribution in [3.8, 4) is 0 Å². The summed E-state index contributed by atoms with van der Waals surface area (Å²) in [6, 6.07) is 17.8. The molecule has 1 saturated heterocycles. The molecule has 7 heteroatoms. The minimum absolute atomic E-state index is 0.0998. The largest absolute Gasteiger partial charge is 0.311 e. The van der Waals surface area contributed by atoms with Gasteiger partial charge in [0.05, 0.1) is 17.8 Å². The summed E-state index contributed by atoms with van der Waals surface area (Å²) in [5.74, 6) is -1.54. The lowest BCUT2D eigenvalue weighted by atomic mass is 10.0. The molecule has 32 heavy (non-hydrogen) atoms. The van der Waals surface area contributed by atoms with E-state index in [9.17, 15) is 18.4 Å². The molecule has 0 radical (unpaired) electrons. The van der Waals surface area contributed by atoms with E-state index in [0.717, 1.165) is 11.1 Å². The van der Waals surface area contributed by atoms with Crippen molar-refractivity contribution < 1.29 is 18.4 Å². The Hall–Kier alpha value is -3.19. The lowest BCUT2D eigenvalue weighted by Crippen LogP contribution is -2.50. The van der Waals surface area contributed by atoms with Gasteiger partial charge in [0.15, 0.2) is 4.87 Å². The highest BCUT2D eigenvalue weighted by Gasteiger charge is 2.59. The first kappa shape index (κ1) is 20.7. The highest BCUT2D eigenvalue weighted by atomic mass is 32.2. The zero-order valence-electron chi connectivity index (χ0n) is 17.3. The van der Waals surface area contributed by atoms with Gasteiger partial charge in [-0.3, -0.25) is 9.59 Å². The molecule has 2 amide bonds. The van der Waals surface area contributed by atoms with Crippen LogP contribution in [0.15, 0.2) is 66.7 Å². The maximum Gasteiger partial charge on any atom is 0.268 e. The van der Waals surface area contributed by atoms with E-state index in [1.54, 1.807) is 17.0 Å². The van der Waals surface area contributed by atoms with Gasteiger partial charge in [0.25, 0.3) is 11.8 Å². The second kappa shape index (κ2) is 7.74. The van der Waals surface area contributed by atoms with Crippen LogP contribution >= 0.6 is 11.8 Å². The minimum Gasteiger partial charge on any atom is -0.311 e. The molecule has 0 N–H and O–H groups in total. The van der Waals surface area contributed by atoms with Gasteiger partial charge in [-0.05, 0) is 42.8 Å². The molecule has 2 aliphatic rings. The molecule has 1 fully saturated rings. The van der Waals surface area contributed by atoms with Gasteiger partial charge in [0.1, 0.15) is 11.6 Å². The number of hydrogen-bond acceptors (Lipinski definition) is 3. The van der Waals surface area contributed by atoms with Crippen molar-refractivity contribution in [2.24, 2.45) is 0 Å². The number of benzene rings is 3. The molecule has 4 nitrogen and oxygen atoms in total. The molecular weight excluding hydrogens is 430 g/mol. The summed E-state index contributed by atoms with van der Waals surface area (Å²) in [6.07, 6.45) is 0. The zero-order chi connectivity index (χ0) is 22.5. The molecule has 0 saturated carbocycles. The maximum atomic E-state index is 14.4. The maximum absolute atomic E-state index is 14.4. The Morgan fingerprint density at radius 2 is 1.88 bits per heavy atom. The molecule has 3 aromatic carbocycles. The normalized spacial score (nSPS) is 19.7. The molecule has 0 aromatic heterocycles. The molecule has 1 spiro atoms. The number of thioether (sulfide) groups is 1. The molecule has 5 rings (SSSR count). The third-order valence-corrected chi connectivity index (χ3v) is 7.35. The van der Waals surface area contributed by atoms with Gasteiger partial charge in [-0.25, -0.2) is 8.78 Å². The highest BCUT2D eigenvalue weighted by Crippen LogP contribution is 2.55. The van der Waals surface area contributed by atoms with Gasteiger partial charge < -0.3 is 9.80 Å². The molecule has 0 bridgehead atoms. The zero-order valence-corrected chi connectivity index (χ0v) is 18.2. The number of rotatable bonds is 3. The van der Waals surface area contributed by atoms with E-state index < -0.39 is 22.4 Å². The number of amides is 2. The number of nitrogens with zero attached hydrogens (tertiary/aromatic N) is 2. The van der Waals surface area contributed by atoms with Gasteiger partial charge in [0.2, 0.25) is 0 Å². The molecule has 0 aliphatic carbocycles. The van der Waals surface area contributed by atoms with E-state index in [2.05, 4.69) is 0 Å². The number of anilines is 1. The van der Waals surface area contributed by atoms with Crippen LogP contribution in [0.5, 0.6) is 0 Å². The summed E-state index contributed by atoms with van der Waals surface area (Å²) >= 11 is 1.29. The number of fused-ring (bicyclic) bond motifs is 2. The Morgan fingerprint density at radius 1 is 1.06 bits per heavy atom. The predicted octanol–water partition coefficient (Wildman–Crippen LogP) is 4.86. The summed E-state index contributed by atoms with van der Waals surface area (Å²) in [4.78, 5) is 28.9. The number of carbonyl (C=O) groups excluding carboxylic acids is 2. The third kappa shape index (κ3) is 3.11. The lowest BCUT2D eigenvalue weighted by molar-refractivity contribution is -0.123. The van der Waals surface area contributed by atoms with Crippen LogP contribution in [-0.2, 0) is 16.2 Å². The van der Waals surface area contributed by atoms with Crippen LogP contribution in [0.3, 0.4) is 0 Å². The van der Waals surface area contributed by atoms with E-state index in [4.69, 9.17) is 0 Å². The smallest absolute Gasteiger partial charge is 0.268 e. The first-order valence-electron chi connectivity index (χ1n) is 10.3. The van der Waals surface area contributed by atoms with Crippen LogP contribution < -0.4 is 4.90 Å². The van der Waals surface area contributed by atoms with Crippen LogP contribution in [0.1, 0.15) is 27.0 Å². The quantitative estimate of drug-likeness (QED) is 0.572. The molecule has 2 heterocycles. The topological polar surface area (TPSA) is 40.6 Å². The molecular formula is C25H20F2N2O2S. The number of carbonyl (C=O) groups is 2. The van der Waals surface area contributed by atoms with E-state index in [1.165, 1.54) is 47.0 Å². The standard InChI is InChI=1S/C25H20F2N2O2S/c1-16-5-4-6-17(13-16)15-28-22-10-9-18(26)14-20(22)25(24(28)31)29(11-12-32-25)23(30)19-7-2-3-8-21(19)27/h2-10,13-14H,11-12,15H2,1H3. The molecule has 162 valence electrons. The van der Waals surface area contributed by atoms with Gasteiger partial charge in [-0.1, -0.05) is 42.0 Å². The molecule has 2 aliphatic heterocycles. The minimum atomic E-state index is -1.42. The number of aryl methyl sites for hydroxylation is 1. The van der Waals surface area contributed by atoms with Crippen LogP contribution in [-0.4, -0.2) is 29.0 Å². The Bertz CT molecular complexity index is 1250. The molecule has 1 unspecified atom stereocenters. The highest BCUT2D eigenvalue weighted by molar-refractivity contribution is 8.01. The van der Waals surface area contributed by atoms with Gasteiger partial charge >= 0.3 is 0 Å². The number of hydrogen-bond donors (Lipinski definition) is 0. The third-order valence-electron chi connectivity index (χ3n) is 5.93. The van der Waals surface area contributed by atoms with Crippen molar-refractivity contribution in [3.05, 3.63) is 101 Å². The average Bonchev–Trinajstić information content (AvgIpc) is 3.31. The fraction of sp³-hybridized carbons (Fsp3) is 0.200. The lowest BCUT2D eigenvalue weighted by Gasteiger charge is -2.33. The Labute approximate surface area is 188 Å². The molecule has 1 atom stereocenters. The van der Waals surface area contributed by atoms with Gasteiger partial charge in [-0.2, -0.15) is 0 Å². The first-order chi connectivity index (χ1) is 15.4. The SMILES string of the molecule is Cc1cccc(CN2C(=O)C3(SCCN3C(=O)c3ccccc3F)c3cc(F)ccc32)c1. The summed E-state index contributed by atoms with van der Waals surface area (Å²) in [5, 5.41) is 0. The van der Waals surface area contributed by atoms with Crippen LogP contribution in [0, 0.1) is 18.6 Å². The second-order valence-corrected chi connectivity index (χ2v) is 9.26. The fourth-order valence-corrected chi connectivity index (χ4v) is 5.97. The Kier molecular flexibility index (Phi) is 5.01. The van der Waals surface area contributed by atoms with E-state index >= 15 is 0 Å². The van der Waals surface area contributed by atoms with Crippen molar-refractivity contribution in [3.63, 3.8) is 0 Å². The van der Waals surface area contributed by atoms with Crippen LogP contribution in [0.25, 0.3) is 0 Å².